The summed E-state index contributed by atoms with van der Waals surface area (Å²) >= 11 is 3.38. The van der Waals surface area contributed by atoms with Gasteiger partial charge in [0.1, 0.15) is 11.9 Å². The lowest BCUT2D eigenvalue weighted by molar-refractivity contribution is 0.00873. The first-order valence-corrected chi connectivity index (χ1v) is 5.92. The maximum atomic E-state index is 5.47. The van der Waals surface area contributed by atoms with Crippen LogP contribution in [0, 0.1) is 5.41 Å². The quantitative estimate of drug-likeness (QED) is 0.928. The molecule has 90 valence electrons. The van der Waals surface area contributed by atoms with Crippen LogP contribution in [0.25, 0.3) is 0 Å². The number of ether oxygens (including phenoxy) is 1. The fourth-order valence-corrected chi connectivity index (χ4v) is 1.92. The van der Waals surface area contributed by atoms with Gasteiger partial charge in [-0.25, -0.2) is 9.97 Å². The van der Waals surface area contributed by atoms with E-state index in [0.29, 0.717) is 5.82 Å². The monoisotopic (exact) mass is 287 g/mol. The number of anilines is 1. The summed E-state index contributed by atoms with van der Waals surface area (Å²) in [5.74, 6) is 1.47. The van der Waals surface area contributed by atoms with Gasteiger partial charge in [-0.15, -0.1) is 0 Å². The summed E-state index contributed by atoms with van der Waals surface area (Å²) in [5, 5.41) is 3.01. The van der Waals surface area contributed by atoms with Crippen molar-refractivity contribution in [3.05, 3.63) is 16.5 Å². The zero-order valence-electron chi connectivity index (χ0n) is 10.3. The van der Waals surface area contributed by atoms with Crippen LogP contribution in [0.1, 0.15) is 32.7 Å². The molecule has 1 aromatic rings. The Labute approximate surface area is 105 Å². The van der Waals surface area contributed by atoms with Crippen molar-refractivity contribution in [2.75, 3.05) is 19.5 Å². The van der Waals surface area contributed by atoms with Crippen molar-refractivity contribution in [2.24, 2.45) is 5.41 Å². The molecule has 0 saturated carbocycles. The molecular weight excluding hydrogens is 270 g/mol. The fourth-order valence-electron chi connectivity index (χ4n) is 1.53. The number of hydrogen-bond donors (Lipinski definition) is 1. The summed E-state index contributed by atoms with van der Waals surface area (Å²) in [6, 6.07) is 0. The van der Waals surface area contributed by atoms with Crippen LogP contribution in [0.4, 0.5) is 5.82 Å². The van der Waals surface area contributed by atoms with Crippen LogP contribution < -0.4 is 5.32 Å². The maximum absolute atomic E-state index is 5.47. The van der Waals surface area contributed by atoms with Crippen LogP contribution in [-0.4, -0.2) is 24.1 Å². The second-order valence-corrected chi connectivity index (χ2v) is 5.51. The van der Waals surface area contributed by atoms with E-state index in [1.54, 1.807) is 13.3 Å². The van der Waals surface area contributed by atoms with E-state index in [4.69, 9.17) is 4.74 Å². The standard InChI is InChI=1S/C11H18BrN3O/c1-11(2,3)8(16-5)10-14-6-7(12)9(13-4)15-10/h6,8H,1-5H3,(H,13,14,15). The lowest BCUT2D eigenvalue weighted by Gasteiger charge is -2.28. The summed E-state index contributed by atoms with van der Waals surface area (Å²) in [5.41, 5.74) is -0.0341. The van der Waals surface area contributed by atoms with Gasteiger partial charge in [0.15, 0.2) is 5.82 Å². The molecule has 4 nitrogen and oxygen atoms in total. The summed E-state index contributed by atoms with van der Waals surface area (Å²) in [6.45, 7) is 6.31. The van der Waals surface area contributed by atoms with E-state index >= 15 is 0 Å². The molecule has 0 aliphatic rings. The Bertz CT molecular complexity index is 363. The third kappa shape index (κ3) is 2.92. The minimum absolute atomic E-state index is 0.0341. The Morgan fingerprint density at radius 2 is 2.06 bits per heavy atom. The van der Waals surface area contributed by atoms with E-state index in [0.717, 1.165) is 10.3 Å². The van der Waals surface area contributed by atoms with Crippen molar-refractivity contribution in [3.63, 3.8) is 0 Å². The number of nitrogens with one attached hydrogen (secondary N) is 1. The van der Waals surface area contributed by atoms with Crippen LogP contribution in [0.3, 0.4) is 0 Å². The molecule has 0 aliphatic carbocycles. The molecule has 1 aromatic heterocycles. The summed E-state index contributed by atoms with van der Waals surface area (Å²) in [7, 11) is 3.51. The molecule has 0 aliphatic heterocycles. The summed E-state index contributed by atoms with van der Waals surface area (Å²) < 4.78 is 6.32. The van der Waals surface area contributed by atoms with E-state index in [9.17, 15) is 0 Å². The third-order valence-electron chi connectivity index (χ3n) is 2.26. The zero-order chi connectivity index (χ0) is 12.3. The number of hydrogen-bond acceptors (Lipinski definition) is 4. The lowest BCUT2D eigenvalue weighted by Crippen LogP contribution is -2.22. The number of halogens is 1. The Kier molecular flexibility index (Phi) is 4.27. The molecule has 0 saturated heterocycles. The van der Waals surface area contributed by atoms with Gasteiger partial charge in [-0.1, -0.05) is 20.8 Å². The lowest BCUT2D eigenvalue weighted by atomic mass is 9.88. The Hall–Kier alpha value is -0.680. The highest BCUT2D eigenvalue weighted by Crippen LogP contribution is 2.34. The highest BCUT2D eigenvalue weighted by molar-refractivity contribution is 9.10. The molecule has 1 unspecified atom stereocenters. The third-order valence-corrected chi connectivity index (χ3v) is 2.84. The number of rotatable bonds is 3. The zero-order valence-corrected chi connectivity index (χ0v) is 11.9. The fraction of sp³-hybridized carbons (Fsp3) is 0.636. The summed E-state index contributed by atoms with van der Waals surface area (Å²) in [4.78, 5) is 8.74. The Morgan fingerprint density at radius 1 is 1.44 bits per heavy atom. The number of nitrogens with zero attached hydrogens (tertiary/aromatic N) is 2. The predicted molar refractivity (Wildman–Crippen MR) is 68.5 cm³/mol. The SMILES string of the molecule is CNc1nc(C(OC)C(C)(C)C)ncc1Br. The number of aromatic nitrogens is 2. The van der Waals surface area contributed by atoms with Crippen LogP contribution in [-0.2, 0) is 4.74 Å². The first kappa shape index (κ1) is 13.4. The maximum Gasteiger partial charge on any atom is 0.160 e. The van der Waals surface area contributed by atoms with Crippen LogP contribution >= 0.6 is 15.9 Å². The Balaban J connectivity index is 3.12. The average molecular weight is 288 g/mol. The van der Waals surface area contributed by atoms with Gasteiger partial charge in [-0.3, -0.25) is 0 Å². The molecule has 1 heterocycles. The van der Waals surface area contributed by atoms with Crippen LogP contribution in [0.15, 0.2) is 10.7 Å². The first-order valence-electron chi connectivity index (χ1n) is 5.13. The van der Waals surface area contributed by atoms with Gasteiger partial charge >= 0.3 is 0 Å². The van der Waals surface area contributed by atoms with Gasteiger partial charge in [0.05, 0.1) is 4.47 Å². The van der Waals surface area contributed by atoms with Crippen molar-refractivity contribution in [1.82, 2.24) is 9.97 Å². The Morgan fingerprint density at radius 3 is 2.50 bits per heavy atom. The van der Waals surface area contributed by atoms with Crippen molar-refractivity contribution < 1.29 is 4.74 Å². The average Bonchev–Trinajstić information content (AvgIpc) is 2.19. The normalized spacial score (nSPS) is 13.6. The smallest absolute Gasteiger partial charge is 0.160 e. The highest BCUT2D eigenvalue weighted by atomic mass is 79.9. The van der Waals surface area contributed by atoms with E-state index < -0.39 is 0 Å². The van der Waals surface area contributed by atoms with E-state index in [1.807, 2.05) is 7.05 Å². The van der Waals surface area contributed by atoms with E-state index in [2.05, 4.69) is 52.0 Å². The molecule has 1 atom stereocenters. The van der Waals surface area contributed by atoms with Crippen molar-refractivity contribution >= 4 is 21.7 Å². The second kappa shape index (κ2) is 5.10. The second-order valence-electron chi connectivity index (χ2n) is 4.66. The molecule has 16 heavy (non-hydrogen) atoms. The molecule has 1 N–H and O–H groups in total. The molecule has 0 spiro atoms. The number of methoxy groups -OCH3 is 1. The largest absolute Gasteiger partial charge is 0.373 e. The predicted octanol–water partition coefficient (Wildman–Crippen LogP) is 3.01. The highest BCUT2D eigenvalue weighted by Gasteiger charge is 2.29. The first-order chi connectivity index (χ1) is 7.40. The van der Waals surface area contributed by atoms with Crippen molar-refractivity contribution in [2.45, 2.75) is 26.9 Å². The molecule has 5 heteroatoms. The topological polar surface area (TPSA) is 47.0 Å². The molecule has 0 radical (unpaired) electrons. The van der Waals surface area contributed by atoms with Gasteiger partial charge < -0.3 is 10.1 Å². The summed E-state index contributed by atoms with van der Waals surface area (Å²) in [6.07, 6.45) is 1.62. The van der Waals surface area contributed by atoms with Crippen molar-refractivity contribution in [3.8, 4) is 0 Å². The minimum atomic E-state index is -0.118. The molecule has 0 amide bonds. The molecular formula is C11H18BrN3O. The van der Waals surface area contributed by atoms with Gasteiger partial charge in [0, 0.05) is 20.4 Å². The van der Waals surface area contributed by atoms with E-state index in [-0.39, 0.29) is 11.5 Å². The van der Waals surface area contributed by atoms with E-state index in [1.165, 1.54) is 0 Å². The van der Waals surface area contributed by atoms with Gasteiger partial charge in [0.25, 0.3) is 0 Å². The molecule has 0 fully saturated rings. The van der Waals surface area contributed by atoms with Crippen LogP contribution in [0.2, 0.25) is 0 Å². The van der Waals surface area contributed by atoms with Gasteiger partial charge in [-0.05, 0) is 21.3 Å². The van der Waals surface area contributed by atoms with Crippen LogP contribution in [0.5, 0.6) is 0 Å². The van der Waals surface area contributed by atoms with Gasteiger partial charge in [0.2, 0.25) is 0 Å². The van der Waals surface area contributed by atoms with Crippen molar-refractivity contribution in [1.29, 1.82) is 0 Å². The molecule has 0 bridgehead atoms. The molecule has 1 rings (SSSR count). The minimum Gasteiger partial charge on any atom is -0.373 e. The van der Waals surface area contributed by atoms with Gasteiger partial charge in [-0.2, -0.15) is 0 Å². The molecule has 0 aromatic carbocycles.